The molecular formula is C21H20F2N6O. The van der Waals surface area contributed by atoms with Crippen LogP contribution in [0, 0.1) is 18.6 Å². The number of imidazole rings is 1. The van der Waals surface area contributed by atoms with Gasteiger partial charge in [-0.1, -0.05) is 0 Å². The summed E-state index contributed by atoms with van der Waals surface area (Å²) in [5.41, 5.74) is 0.0466. The Hall–Kier alpha value is -3.62. The number of benzene rings is 1. The molecule has 9 heteroatoms. The van der Waals surface area contributed by atoms with Crippen LogP contribution in [0.15, 0.2) is 49.1 Å². The second-order valence-electron chi connectivity index (χ2n) is 6.89. The van der Waals surface area contributed by atoms with E-state index in [-0.39, 0.29) is 11.5 Å². The Kier molecular flexibility index (Phi) is 5.51. The predicted octanol–water partition coefficient (Wildman–Crippen LogP) is 2.61. The number of anilines is 1. The van der Waals surface area contributed by atoms with Crippen LogP contribution >= 0.6 is 0 Å². The number of hydrogen-bond acceptors (Lipinski definition) is 5. The monoisotopic (exact) mass is 410 g/mol. The van der Waals surface area contributed by atoms with Gasteiger partial charge in [0.15, 0.2) is 0 Å². The molecule has 4 rings (SSSR count). The number of nitrogens with zero attached hydrogens (tertiary/aromatic N) is 6. The van der Waals surface area contributed by atoms with Crippen molar-refractivity contribution in [3.63, 3.8) is 0 Å². The largest absolute Gasteiger partial charge is 0.353 e. The molecule has 3 heterocycles. The topological polar surface area (TPSA) is 67.2 Å². The van der Waals surface area contributed by atoms with Gasteiger partial charge < -0.3 is 9.80 Å². The summed E-state index contributed by atoms with van der Waals surface area (Å²) in [7, 11) is 0. The van der Waals surface area contributed by atoms with Crippen LogP contribution in [0.3, 0.4) is 0 Å². The zero-order valence-corrected chi connectivity index (χ0v) is 16.4. The minimum absolute atomic E-state index is 0.0466. The van der Waals surface area contributed by atoms with Gasteiger partial charge in [-0.15, -0.1) is 0 Å². The minimum atomic E-state index is -0.571. The number of aromatic nitrogens is 4. The number of aryl methyl sites for hydroxylation is 1. The molecule has 0 aliphatic carbocycles. The first-order chi connectivity index (χ1) is 14.5. The van der Waals surface area contributed by atoms with Crippen LogP contribution in [-0.2, 0) is 4.79 Å². The lowest BCUT2D eigenvalue weighted by atomic mass is 10.2. The third kappa shape index (κ3) is 4.19. The van der Waals surface area contributed by atoms with E-state index in [1.165, 1.54) is 18.5 Å². The van der Waals surface area contributed by atoms with Crippen LogP contribution in [0.4, 0.5) is 14.6 Å². The Morgan fingerprint density at radius 1 is 1.03 bits per heavy atom. The molecular weight excluding hydrogens is 390 g/mol. The van der Waals surface area contributed by atoms with Crippen molar-refractivity contribution in [3.05, 3.63) is 72.1 Å². The van der Waals surface area contributed by atoms with E-state index in [1.807, 2.05) is 23.8 Å². The quantitative estimate of drug-likeness (QED) is 0.619. The van der Waals surface area contributed by atoms with Crippen LogP contribution in [0.25, 0.3) is 11.9 Å². The molecule has 30 heavy (non-hydrogen) atoms. The molecule has 7 nitrogen and oxygen atoms in total. The fraction of sp³-hybridized carbons (Fsp3) is 0.238. The van der Waals surface area contributed by atoms with Crippen LogP contribution < -0.4 is 4.90 Å². The summed E-state index contributed by atoms with van der Waals surface area (Å²) in [6.07, 6.45) is 7.64. The van der Waals surface area contributed by atoms with Crippen LogP contribution in [0.5, 0.6) is 0 Å². The van der Waals surface area contributed by atoms with E-state index < -0.39 is 11.6 Å². The van der Waals surface area contributed by atoms with Gasteiger partial charge >= 0.3 is 0 Å². The molecule has 0 spiro atoms. The standard InChI is InChI=1S/C21H20F2N6O/c1-15-24-6-7-29(15)20-13-19(25-14-26-20)27-8-10-28(11-9-27)21(30)5-2-16-12-17(22)3-4-18(16)23/h2-7,12-14H,8-11H2,1H3/b5-2+. The molecule has 1 aliphatic heterocycles. The van der Waals surface area contributed by atoms with Gasteiger partial charge in [0.25, 0.3) is 0 Å². The third-order valence-corrected chi connectivity index (χ3v) is 4.99. The van der Waals surface area contributed by atoms with E-state index in [2.05, 4.69) is 19.9 Å². The van der Waals surface area contributed by atoms with Crippen LogP contribution in [0.1, 0.15) is 11.4 Å². The van der Waals surface area contributed by atoms with E-state index in [9.17, 15) is 13.6 Å². The lowest BCUT2D eigenvalue weighted by Gasteiger charge is -2.35. The first kappa shape index (κ1) is 19.7. The number of carbonyl (C=O) groups is 1. The molecule has 0 N–H and O–H groups in total. The van der Waals surface area contributed by atoms with Crippen molar-refractivity contribution < 1.29 is 13.6 Å². The highest BCUT2D eigenvalue weighted by Crippen LogP contribution is 2.17. The SMILES string of the molecule is Cc1nccn1-c1cc(N2CCN(C(=O)/C=C/c3cc(F)ccc3F)CC2)ncn1. The maximum Gasteiger partial charge on any atom is 0.246 e. The molecule has 3 aromatic rings. The lowest BCUT2D eigenvalue weighted by Crippen LogP contribution is -2.48. The van der Waals surface area contributed by atoms with Gasteiger partial charge in [0.2, 0.25) is 5.91 Å². The maximum atomic E-state index is 13.7. The van der Waals surface area contributed by atoms with E-state index in [1.54, 1.807) is 11.1 Å². The van der Waals surface area contributed by atoms with E-state index in [0.29, 0.717) is 26.2 Å². The Bertz CT molecular complexity index is 1090. The normalized spacial score (nSPS) is 14.5. The van der Waals surface area contributed by atoms with Gasteiger partial charge in [-0.2, -0.15) is 0 Å². The number of hydrogen-bond donors (Lipinski definition) is 0. The van der Waals surface area contributed by atoms with Gasteiger partial charge in [0, 0.05) is 56.3 Å². The minimum Gasteiger partial charge on any atom is -0.353 e. The highest BCUT2D eigenvalue weighted by molar-refractivity contribution is 5.92. The number of carbonyl (C=O) groups excluding carboxylic acids is 1. The Labute approximate surface area is 172 Å². The number of halogens is 2. The fourth-order valence-corrected chi connectivity index (χ4v) is 3.33. The lowest BCUT2D eigenvalue weighted by molar-refractivity contribution is -0.126. The zero-order valence-electron chi connectivity index (χ0n) is 16.4. The second-order valence-corrected chi connectivity index (χ2v) is 6.89. The highest BCUT2D eigenvalue weighted by atomic mass is 19.1. The smallest absolute Gasteiger partial charge is 0.246 e. The molecule has 2 aromatic heterocycles. The van der Waals surface area contributed by atoms with Crippen molar-refractivity contribution in [2.24, 2.45) is 0 Å². The summed E-state index contributed by atoms with van der Waals surface area (Å²) in [6.45, 7) is 4.10. The summed E-state index contributed by atoms with van der Waals surface area (Å²) in [5.74, 6) is 0.976. The first-order valence-corrected chi connectivity index (χ1v) is 9.50. The molecule has 0 bridgehead atoms. The van der Waals surface area contributed by atoms with Gasteiger partial charge in [-0.3, -0.25) is 9.36 Å². The van der Waals surface area contributed by atoms with Gasteiger partial charge in [-0.05, 0) is 31.2 Å². The highest BCUT2D eigenvalue weighted by Gasteiger charge is 2.21. The number of piperazine rings is 1. The van der Waals surface area contributed by atoms with Crippen molar-refractivity contribution in [1.29, 1.82) is 0 Å². The molecule has 0 saturated carbocycles. The summed E-state index contributed by atoms with van der Waals surface area (Å²) >= 11 is 0. The molecule has 1 amide bonds. The third-order valence-electron chi connectivity index (χ3n) is 4.99. The molecule has 154 valence electrons. The average Bonchev–Trinajstić information content (AvgIpc) is 3.20. The van der Waals surface area contributed by atoms with Crippen LogP contribution in [-0.4, -0.2) is 56.5 Å². The van der Waals surface area contributed by atoms with Gasteiger partial charge in [-0.25, -0.2) is 23.7 Å². The fourth-order valence-electron chi connectivity index (χ4n) is 3.33. The Morgan fingerprint density at radius 3 is 2.53 bits per heavy atom. The van der Waals surface area contributed by atoms with E-state index in [4.69, 9.17) is 0 Å². The molecule has 0 unspecified atom stereocenters. The van der Waals surface area contributed by atoms with Crippen molar-refractivity contribution in [2.45, 2.75) is 6.92 Å². The molecule has 0 atom stereocenters. The predicted molar refractivity (Wildman–Crippen MR) is 108 cm³/mol. The summed E-state index contributed by atoms with van der Waals surface area (Å²) in [6, 6.07) is 5.03. The molecule has 1 aromatic carbocycles. The molecule has 1 saturated heterocycles. The number of amides is 1. The summed E-state index contributed by atoms with van der Waals surface area (Å²) in [5, 5.41) is 0. The molecule has 1 aliphatic rings. The van der Waals surface area contributed by atoms with Crippen molar-refractivity contribution in [3.8, 4) is 5.82 Å². The Balaban J connectivity index is 1.39. The maximum absolute atomic E-state index is 13.7. The van der Waals surface area contributed by atoms with Crippen molar-refractivity contribution >= 4 is 17.8 Å². The molecule has 1 fully saturated rings. The van der Waals surface area contributed by atoms with Crippen LogP contribution in [0.2, 0.25) is 0 Å². The first-order valence-electron chi connectivity index (χ1n) is 9.50. The van der Waals surface area contributed by atoms with Crippen molar-refractivity contribution in [2.75, 3.05) is 31.1 Å². The van der Waals surface area contributed by atoms with Crippen molar-refractivity contribution in [1.82, 2.24) is 24.4 Å². The van der Waals surface area contributed by atoms with E-state index in [0.717, 1.165) is 35.7 Å². The Morgan fingerprint density at radius 2 is 1.80 bits per heavy atom. The molecule has 0 radical (unpaired) electrons. The second kappa shape index (κ2) is 8.40. The number of rotatable bonds is 4. The average molecular weight is 410 g/mol. The van der Waals surface area contributed by atoms with E-state index >= 15 is 0 Å². The summed E-state index contributed by atoms with van der Waals surface area (Å²) in [4.78, 5) is 29.0. The van der Waals surface area contributed by atoms with Gasteiger partial charge in [0.05, 0.1) is 0 Å². The summed E-state index contributed by atoms with van der Waals surface area (Å²) < 4.78 is 28.8. The van der Waals surface area contributed by atoms with Gasteiger partial charge in [0.1, 0.15) is 35.4 Å². The zero-order chi connectivity index (χ0) is 21.1.